The standard InChI is InChI=1S/C15H28N4/c1-16-8-14(9-16)18-4-12-3-13(5-18)7-19(6-12)15-10-17(2)11-15/h12-15H,3-11H2,1-2H3. The number of rotatable bonds is 2. The summed E-state index contributed by atoms with van der Waals surface area (Å²) >= 11 is 0. The molecule has 4 fully saturated rings. The highest BCUT2D eigenvalue weighted by atomic mass is 15.3. The molecule has 19 heavy (non-hydrogen) atoms. The van der Waals surface area contributed by atoms with Crippen molar-refractivity contribution in [1.29, 1.82) is 0 Å². The Balaban J connectivity index is 1.34. The second kappa shape index (κ2) is 4.69. The van der Waals surface area contributed by atoms with Crippen LogP contribution in [0.3, 0.4) is 0 Å². The average molecular weight is 264 g/mol. The number of fused-ring (bicyclic) bond motifs is 2. The van der Waals surface area contributed by atoms with Crippen molar-refractivity contribution in [3.05, 3.63) is 0 Å². The molecule has 4 aliphatic heterocycles. The first-order valence-corrected chi connectivity index (χ1v) is 8.02. The van der Waals surface area contributed by atoms with Gasteiger partial charge in [-0.2, -0.15) is 0 Å². The minimum absolute atomic E-state index is 0.872. The van der Waals surface area contributed by atoms with Gasteiger partial charge >= 0.3 is 0 Å². The van der Waals surface area contributed by atoms with Crippen molar-refractivity contribution >= 4 is 0 Å². The third kappa shape index (κ3) is 2.33. The zero-order chi connectivity index (χ0) is 13.0. The molecule has 4 aliphatic rings. The van der Waals surface area contributed by atoms with Crippen molar-refractivity contribution in [1.82, 2.24) is 19.6 Å². The van der Waals surface area contributed by atoms with E-state index in [1.165, 1.54) is 58.8 Å². The molecule has 4 heterocycles. The van der Waals surface area contributed by atoms with E-state index in [0.717, 1.165) is 23.9 Å². The molecule has 0 amide bonds. The summed E-state index contributed by atoms with van der Waals surface area (Å²) < 4.78 is 0. The third-order valence-electron chi connectivity index (χ3n) is 5.76. The van der Waals surface area contributed by atoms with Crippen LogP contribution in [0.15, 0.2) is 0 Å². The maximum absolute atomic E-state index is 2.81. The summed E-state index contributed by atoms with van der Waals surface area (Å²) in [6.45, 7) is 10.7. The van der Waals surface area contributed by atoms with Gasteiger partial charge in [0.25, 0.3) is 0 Å². The van der Waals surface area contributed by atoms with E-state index in [1.54, 1.807) is 0 Å². The zero-order valence-electron chi connectivity index (χ0n) is 12.5. The minimum atomic E-state index is 0.872. The number of nitrogens with zero attached hydrogens (tertiary/aromatic N) is 4. The molecule has 2 bridgehead atoms. The van der Waals surface area contributed by atoms with Crippen LogP contribution in [0.2, 0.25) is 0 Å². The number of hydrogen-bond acceptors (Lipinski definition) is 4. The number of piperidine rings is 2. The molecule has 0 N–H and O–H groups in total. The Morgan fingerprint density at radius 1 is 0.579 bits per heavy atom. The fourth-order valence-corrected chi connectivity index (χ4v) is 4.75. The highest BCUT2D eigenvalue weighted by Gasteiger charge is 2.42. The van der Waals surface area contributed by atoms with Crippen LogP contribution in [0, 0.1) is 11.8 Å². The minimum Gasteiger partial charge on any atom is -0.303 e. The second-order valence-corrected chi connectivity index (χ2v) is 7.63. The van der Waals surface area contributed by atoms with Gasteiger partial charge in [0, 0.05) is 64.4 Å². The Bertz CT molecular complexity index is 291. The lowest BCUT2D eigenvalue weighted by Crippen LogP contribution is -2.66. The van der Waals surface area contributed by atoms with Gasteiger partial charge in [-0.25, -0.2) is 0 Å². The Morgan fingerprint density at radius 2 is 0.947 bits per heavy atom. The fraction of sp³-hybridized carbons (Fsp3) is 1.00. The molecule has 108 valence electrons. The van der Waals surface area contributed by atoms with E-state index in [9.17, 15) is 0 Å². The molecule has 0 spiro atoms. The first-order chi connectivity index (χ1) is 9.17. The van der Waals surface area contributed by atoms with Crippen LogP contribution >= 0.6 is 0 Å². The van der Waals surface area contributed by atoms with Crippen LogP contribution in [0.5, 0.6) is 0 Å². The molecule has 4 nitrogen and oxygen atoms in total. The van der Waals surface area contributed by atoms with Crippen LogP contribution in [0.25, 0.3) is 0 Å². The van der Waals surface area contributed by atoms with Gasteiger partial charge in [-0.3, -0.25) is 9.80 Å². The predicted octanol–water partition coefficient (Wildman–Crippen LogP) is -0.132. The molecular formula is C15H28N4. The molecule has 0 aromatic rings. The average Bonchev–Trinajstić information content (AvgIpc) is 2.29. The van der Waals surface area contributed by atoms with Crippen LogP contribution in [0.1, 0.15) is 6.42 Å². The van der Waals surface area contributed by atoms with E-state index >= 15 is 0 Å². The summed E-state index contributed by atoms with van der Waals surface area (Å²) in [6, 6.07) is 1.74. The summed E-state index contributed by atoms with van der Waals surface area (Å²) in [5.41, 5.74) is 0. The highest BCUT2D eigenvalue weighted by Crippen LogP contribution is 2.33. The van der Waals surface area contributed by atoms with Gasteiger partial charge in [-0.05, 0) is 32.4 Å². The maximum atomic E-state index is 2.81. The van der Waals surface area contributed by atoms with E-state index in [2.05, 4.69) is 33.7 Å². The molecule has 0 aliphatic carbocycles. The molecule has 0 atom stereocenters. The number of hydrogen-bond donors (Lipinski definition) is 0. The maximum Gasteiger partial charge on any atom is 0.0350 e. The van der Waals surface area contributed by atoms with Crippen molar-refractivity contribution in [2.24, 2.45) is 11.8 Å². The number of likely N-dealkylation sites (tertiary alicyclic amines) is 4. The lowest BCUT2D eigenvalue weighted by atomic mass is 9.82. The lowest BCUT2D eigenvalue weighted by molar-refractivity contribution is -0.0574. The van der Waals surface area contributed by atoms with Gasteiger partial charge in [-0.1, -0.05) is 0 Å². The van der Waals surface area contributed by atoms with E-state index in [1.807, 2.05) is 0 Å². The first kappa shape index (κ1) is 12.6. The molecule has 0 radical (unpaired) electrons. The Kier molecular flexibility index (Phi) is 3.10. The van der Waals surface area contributed by atoms with E-state index < -0.39 is 0 Å². The zero-order valence-corrected chi connectivity index (χ0v) is 12.5. The van der Waals surface area contributed by atoms with Gasteiger partial charge in [-0.15, -0.1) is 0 Å². The van der Waals surface area contributed by atoms with Crippen molar-refractivity contribution in [2.75, 3.05) is 66.5 Å². The number of likely N-dealkylation sites (N-methyl/N-ethyl adjacent to an activating group) is 2. The van der Waals surface area contributed by atoms with Gasteiger partial charge in [0.1, 0.15) is 0 Å². The molecule has 0 aromatic carbocycles. The molecule has 4 saturated heterocycles. The highest BCUT2D eigenvalue weighted by molar-refractivity contribution is 4.97. The smallest absolute Gasteiger partial charge is 0.0350 e. The Hall–Kier alpha value is -0.160. The normalized spacial score (nSPS) is 40.1. The Labute approximate surface area is 117 Å². The van der Waals surface area contributed by atoms with Crippen molar-refractivity contribution in [2.45, 2.75) is 18.5 Å². The SMILES string of the molecule is CN1CC(N2CC3CC(C2)CN(C2CN(C)C2)C3)C1. The van der Waals surface area contributed by atoms with Gasteiger partial charge in [0.2, 0.25) is 0 Å². The largest absolute Gasteiger partial charge is 0.303 e. The van der Waals surface area contributed by atoms with E-state index in [-0.39, 0.29) is 0 Å². The molecular weight excluding hydrogens is 236 g/mol. The summed E-state index contributed by atoms with van der Waals surface area (Å²) in [6.07, 6.45) is 1.50. The summed E-state index contributed by atoms with van der Waals surface area (Å²) in [4.78, 5) is 10.5. The summed E-state index contributed by atoms with van der Waals surface area (Å²) in [5, 5.41) is 0. The molecule has 0 aromatic heterocycles. The first-order valence-electron chi connectivity index (χ1n) is 8.02. The van der Waals surface area contributed by atoms with E-state index in [0.29, 0.717) is 0 Å². The summed E-state index contributed by atoms with van der Waals surface area (Å²) in [7, 11) is 4.49. The molecule has 4 rings (SSSR count). The quantitative estimate of drug-likeness (QED) is 0.689. The third-order valence-corrected chi connectivity index (χ3v) is 5.76. The van der Waals surface area contributed by atoms with Crippen molar-refractivity contribution in [3.8, 4) is 0 Å². The molecule has 4 heteroatoms. The topological polar surface area (TPSA) is 13.0 Å². The molecule has 0 saturated carbocycles. The monoisotopic (exact) mass is 264 g/mol. The van der Waals surface area contributed by atoms with Crippen LogP contribution < -0.4 is 0 Å². The van der Waals surface area contributed by atoms with Crippen LogP contribution in [-0.4, -0.2) is 98.1 Å². The lowest BCUT2D eigenvalue weighted by Gasteiger charge is -2.54. The van der Waals surface area contributed by atoms with Crippen LogP contribution in [0.4, 0.5) is 0 Å². The van der Waals surface area contributed by atoms with Gasteiger partial charge in [0.05, 0.1) is 0 Å². The predicted molar refractivity (Wildman–Crippen MR) is 77.3 cm³/mol. The van der Waals surface area contributed by atoms with Gasteiger partial charge < -0.3 is 9.80 Å². The Morgan fingerprint density at radius 3 is 1.26 bits per heavy atom. The molecule has 0 unspecified atom stereocenters. The van der Waals surface area contributed by atoms with Gasteiger partial charge in [0.15, 0.2) is 0 Å². The summed E-state index contributed by atoms with van der Waals surface area (Å²) in [5.74, 6) is 1.90. The van der Waals surface area contributed by atoms with Crippen LogP contribution in [-0.2, 0) is 0 Å². The fourth-order valence-electron chi connectivity index (χ4n) is 4.75. The van der Waals surface area contributed by atoms with Crippen molar-refractivity contribution < 1.29 is 0 Å². The second-order valence-electron chi connectivity index (χ2n) is 7.63. The van der Waals surface area contributed by atoms with Crippen molar-refractivity contribution in [3.63, 3.8) is 0 Å². The van der Waals surface area contributed by atoms with E-state index in [4.69, 9.17) is 0 Å².